The molecule has 0 atom stereocenters. The van der Waals surface area contributed by atoms with E-state index in [0.717, 1.165) is 18.4 Å². The summed E-state index contributed by atoms with van der Waals surface area (Å²) in [6.07, 6.45) is 11.8. The minimum Gasteiger partial charge on any atom is -0.293 e. The van der Waals surface area contributed by atoms with Crippen LogP contribution in [0.3, 0.4) is 0 Å². The quantitative estimate of drug-likeness (QED) is 0.591. The van der Waals surface area contributed by atoms with Gasteiger partial charge in [-0.25, -0.2) is 0 Å². The van der Waals surface area contributed by atoms with Gasteiger partial charge in [0, 0.05) is 12.7 Å². The Bertz CT molecular complexity index is 199. The molecule has 3 rings (SSSR count). The summed E-state index contributed by atoms with van der Waals surface area (Å²) in [5, 5.41) is 4.31. The second-order valence-electron chi connectivity index (χ2n) is 4.63. The molecule has 0 aromatic heterocycles. The normalized spacial score (nSPS) is 33.0. The fraction of sp³-hybridized carbons (Fsp3) is 0.818. The Morgan fingerprint density at radius 3 is 2.17 bits per heavy atom. The second-order valence-corrected chi connectivity index (χ2v) is 4.63. The lowest BCUT2D eigenvalue weighted by molar-refractivity contribution is 0.240. The third-order valence-corrected chi connectivity index (χ3v) is 3.84. The Morgan fingerprint density at radius 1 is 1.08 bits per heavy atom. The lowest BCUT2D eigenvalue weighted by Gasteiger charge is -2.33. The van der Waals surface area contributed by atoms with Gasteiger partial charge in [0.25, 0.3) is 0 Å². The number of nitrogens with zero attached hydrogens (tertiary/aromatic N) is 1. The maximum atomic E-state index is 4.31. The van der Waals surface area contributed by atoms with Crippen LogP contribution in [0.2, 0.25) is 0 Å². The third kappa shape index (κ3) is 0.917. The number of allylic oxidation sites excluding steroid dienone is 1. The van der Waals surface area contributed by atoms with E-state index in [9.17, 15) is 0 Å². The van der Waals surface area contributed by atoms with Crippen molar-refractivity contribution in [2.75, 3.05) is 6.54 Å². The van der Waals surface area contributed by atoms with Crippen molar-refractivity contribution in [1.82, 2.24) is 5.32 Å². The van der Waals surface area contributed by atoms with Gasteiger partial charge in [-0.1, -0.05) is 6.08 Å². The van der Waals surface area contributed by atoms with Crippen LogP contribution in [0.1, 0.15) is 32.1 Å². The molecule has 1 radical (unpaired) electrons. The fourth-order valence-electron chi connectivity index (χ4n) is 2.86. The van der Waals surface area contributed by atoms with E-state index in [4.69, 9.17) is 0 Å². The van der Waals surface area contributed by atoms with Gasteiger partial charge >= 0.3 is 0 Å². The van der Waals surface area contributed by atoms with Crippen LogP contribution in [0.15, 0.2) is 12.3 Å². The van der Waals surface area contributed by atoms with E-state index in [0.29, 0.717) is 5.41 Å². The molecule has 65 valence electrons. The molecule has 2 aliphatic carbocycles. The van der Waals surface area contributed by atoms with Crippen LogP contribution in [-0.4, -0.2) is 6.54 Å². The minimum atomic E-state index is 0.627. The minimum absolute atomic E-state index is 0.627. The lowest BCUT2D eigenvalue weighted by atomic mass is 9.74. The SMILES string of the molecule is C1=CC(C2CC2)(C2CC2)CC[N]1. The van der Waals surface area contributed by atoms with Gasteiger partial charge in [0.2, 0.25) is 0 Å². The Labute approximate surface area is 74.2 Å². The zero-order chi connectivity index (χ0) is 8.02. The van der Waals surface area contributed by atoms with Gasteiger partial charge in [0.15, 0.2) is 0 Å². The van der Waals surface area contributed by atoms with Crippen molar-refractivity contribution in [3.8, 4) is 0 Å². The van der Waals surface area contributed by atoms with Gasteiger partial charge in [-0.3, -0.25) is 5.32 Å². The van der Waals surface area contributed by atoms with Gasteiger partial charge in [0.05, 0.1) is 0 Å². The summed E-state index contributed by atoms with van der Waals surface area (Å²) in [6.45, 7) is 1.09. The molecule has 0 spiro atoms. The molecule has 2 saturated carbocycles. The highest BCUT2D eigenvalue weighted by atomic mass is 14.9. The van der Waals surface area contributed by atoms with E-state index in [1.54, 1.807) is 0 Å². The van der Waals surface area contributed by atoms with Gasteiger partial charge in [0.1, 0.15) is 0 Å². The topological polar surface area (TPSA) is 14.1 Å². The Hall–Kier alpha value is -0.460. The highest BCUT2D eigenvalue weighted by molar-refractivity contribution is 5.15. The molecule has 0 aromatic carbocycles. The summed E-state index contributed by atoms with van der Waals surface area (Å²) < 4.78 is 0. The van der Waals surface area contributed by atoms with E-state index in [1.807, 2.05) is 0 Å². The molecule has 1 nitrogen and oxygen atoms in total. The first-order chi connectivity index (χ1) is 5.92. The predicted molar refractivity (Wildman–Crippen MR) is 48.6 cm³/mol. The molecular formula is C11H16N. The first-order valence-corrected chi connectivity index (χ1v) is 5.26. The van der Waals surface area contributed by atoms with Gasteiger partial charge in [-0.15, -0.1) is 0 Å². The van der Waals surface area contributed by atoms with Crippen molar-refractivity contribution >= 4 is 0 Å². The summed E-state index contributed by atoms with van der Waals surface area (Å²) >= 11 is 0. The van der Waals surface area contributed by atoms with E-state index in [1.165, 1.54) is 32.1 Å². The van der Waals surface area contributed by atoms with Crippen molar-refractivity contribution in [2.45, 2.75) is 32.1 Å². The molecule has 0 saturated heterocycles. The molecule has 12 heavy (non-hydrogen) atoms. The summed E-state index contributed by atoms with van der Waals surface area (Å²) in [5.74, 6) is 2.08. The molecule has 1 aliphatic heterocycles. The monoisotopic (exact) mass is 162 g/mol. The lowest BCUT2D eigenvalue weighted by Crippen LogP contribution is -2.30. The molecular weight excluding hydrogens is 146 g/mol. The number of rotatable bonds is 2. The zero-order valence-corrected chi connectivity index (χ0v) is 7.50. The van der Waals surface area contributed by atoms with E-state index >= 15 is 0 Å². The van der Waals surface area contributed by atoms with Crippen molar-refractivity contribution in [3.63, 3.8) is 0 Å². The van der Waals surface area contributed by atoms with Gasteiger partial charge in [-0.2, -0.15) is 0 Å². The molecule has 1 heterocycles. The molecule has 0 aromatic rings. The summed E-state index contributed by atoms with van der Waals surface area (Å²) in [4.78, 5) is 0. The predicted octanol–water partition coefficient (Wildman–Crippen LogP) is 2.31. The van der Waals surface area contributed by atoms with Crippen LogP contribution in [-0.2, 0) is 0 Å². The van der Waals surface area contributed by atoms with Crippen LogP contribution in [0, 0.1) is 17.3 Å². The molecule has 2 fully saturated rings. The summed E-state index contributed by atoms with van der Waals surface area (Å²) in [6, 6.07) is 0. The Kier molecular flexibility index (Phi) is 1.32. The molecule has 0 bridgehead atoms. The molecule has 3 aliphatic rings. The standard InChI is InChI=1S/C11H16N/c1-2-9(1)11(10-3-4-10)5-7-12-8-6-11/h5,7,9-10H,1-4,6,8H2. The van der Waals surface area contributed by atoms with Gasteiger partial charge in [-0.05, 0) is 49.4 Å². The average Bonchev–Trinajstić information content (AvgIpc) is 2.98. The smallest absolute Gasteiger partial charge is 0.0397 e. The summed E-state index contributed by atoms with van der Waals surface area (Å²) in [7, 11) is 0. The van der Waals surface area contributed by atoms with Crippen LogP contribution in [0.25, 0.3) is 0 Å². The first kappa shape index (κ1) is 6.99. The van der Waals surface area contributed by atoms with Crippen LogP contribution >= 0.6 is 0 Å². The molecule has 0 unspecified atom stereocenters. The van der Waals surface area contributed by atoms with Crippen molar-refractivity contribution in [3.05, 3.63) is 12.3 Å². The van der Waals surface area contributed by atoms with Gasteiger partial charge < -0.3 is 0 Å². The van der Waals surface area contributed by atoms with Crippen molar-refractivity contribution < 1.29 is 0 Å². The van der Waals surface area contributed by atoms with E-state index < -0.39 is 0 Å². The Morgan fingerprint density at radius 2 is 1.75 bits per heavy atom. The molecule has 1 heteroatoms. The average molecular weight is 162 g/mol. The number of hydrogen-bond donors (Lipinski definition) is 0. The first-order valence-electron chi connectivity index (χ1n) is 5.26. The largest absolute Gasteiger partial charge is 0.293 e. The summed E-state index contributed by atoms with van der Waals surface area (Å²) in [5.41, 5.74) is 0.627. The highest BCUT2D eigenvalue weighted by Crippen LogP contribution is 2.60. The van der Waals surface area contributed by atoms with E-state index in [-0.39, 0.29) is 0 Å². The maximum absolute atomic E-state index is 4.31. The van der Waals surface area contributed by atoms with Crippen LogP contribution in [0.5, 0.6) is 0 Å². The number of hydrogen-bond acceptors (Lipinski definition) is 0. The maximum Gasteiger partial charge on any atom is 0.0397 e. The molecule has 0 N–H and O–H groups in total. The van der Waals surface area contributed by atoms with Crippen molar-refractivity contribution in [2.24, 2.45) is 17.3 Å². The second kappa shape index (κ2) is 2.27. The zero-order valence-electron chi connectivity index (χ0n) is 7.50. The van der Waals surface area contributed by atoms with Crippen LogP contribution in [0.4, 0.5) is 0 Å². The van der Waals surface area contributed by atoms with Crippen LogP contribution < -0.4 is 5.32 Å². The van der Waals surface area contributed by atoms with E-state index in [2.05, 4.69) is 17.6 Å². The van der Waals surface area contributed by atoms with Crippen molar-refractivity contribution in [1.29, 1.82) is 0 Å². The Balaban J connectivity index is 1.88. The fourth-order valence-corrected chi connectivity index (χ4v) is 2.86. The molecule has 0 amide bonds. The third-order valence-electron chi connectivity index (χ3n) is 3.84. The highest BCUT2D eigenvalue weighted by Gasteiger charge is 2.52.